The maximum absolute atomic E-state index is 11.3. The molecule has 1 amide bonds. The Morgan fingerprint density at radius 3 is 2.31 bits per heavy atom. The summed E-state index contributed by atoms with van der Waals surface area (Å²) in [6.07, 6.45) is -0.724. The molecular formula is C10H19NO5. The fourth-order valence-corrected chi connectivity index (χ4v) is 1.07. The molecule has 6 nitrogen and oxygen atoms in total. The van der Waals surface area contributed by atoms with Crippen LogP contribution < -0.4 is 5.32 Å². The molecule has 0 aliphatic rings. The van der Waals surface area contributed by atoms with Crippen molar-refractivity contribution in [1.82, 2.24) is 5.32 Å². The lowest BCUT2D eigenvalue weighted by Gasteiger charge is -2.22. The van der Waals surface area contributed by atoms with Crippen LogP contribution in [0.3, 0.4) is 0 Å². The number of aliphatic carboxylic acids is 1. The molecule has 0 saturated carbocycles. The molecule has 3 N–H and O–H groups in total. The zero-order chi connectivity index (χ0) is 12.8. The molecule has 0 aliphatic heterocycles. The van der Waals surface area contributed by atoms with E-state index >= 15 is 0 Å². The molecule has 1 atom stereocenters. The highest BCUT2D eigenvalue weighted by atomic mass is 16.6. The van der Waals surface area contributed by atoms with Crippen molar-refractivity contribution in [2.24, 2.45) is 0 Å². The number of alkyl carbamates (subject to hydrolysis) is 1. The van der Waals surface area contributed by atoms with Crippen LogP contribution in [0, 0.1) is 0 Å². The summed E-state index contributed by atoms with van der Waals surface area (Å²) in [5.41, 5.74) is -0.628. The van der Waals surface area contributed by atoms with Crippen LogP contribution in [0.1, 0.15) is 33.6 Å². The van der Waals surface area contributed by atoms with Gasteiger partial charge in [-0.3, -0.25) is 4.79 Å². The van der Waals surface area contributed by atoms with Gasteiger partial charge in [-0.2, -0.15) is 0 Å². The molecule has 6 heteroatoms. The Labute approximate surface area is 94.6 Å². The predicted molar refractivity (Wildman–Crippen MR) is 57.1 cm³/mol. The summed E-state index contributed by atoms with van der Waals surface area (Å²) >= 11 is 0. The highest BCUT2D eigenvalue weighted by Crippen LogP contribution is 2.07. The molecule has 0 aromatic heterocycles. The summed E-state index contributed by atoms with van der Waals surface area (Å²) in [7, 11) is 0. The van der Waals surface area contributed by atoms with Gasteiger partial charge in [-0.15, -0.1) is 0 Å². The number of amides is 1. The number of nitrogens with one attached hydrogen (secondary N) is 1. The van der Waals surface area contributed by atoms with Crippen LogP contribution in [0.2, 0.25) is 0 Å². The Morgan fingerprint density at radius 2 is 1.94 bits per heavy atom. The van der Waals surface area contributed by atoms with Crippen molar-refractivity contribution in [3.63, 3.8) is 0 Å². The van der Waals surface area contributed by atoms with Crippen LogP contribution >= 0.6 is 0 Å². The minimum Gasteiger partial charge on any atom is -0.481 e. The maximum atomic E-state index is 11.3. The summed E-state index contributed by atoms with van der Waals surface area (Å²) in [4.78, 5) is 21.8. The fraction of sp³-hybridized carbons (Fsp3) is 0.800. The van der Waals surface area contributed by atoms with Crippen LogP contribution in [0.5, 0.6) is 0 Å². The SMILES string of the molecule is CC(C)(C)OC(=O)NC(CCO)CC(=O)O. The normalized spacial score (nSPS) is 13.0. The van der Waals surface area contributed by atoms with Crippen LogP contribution in [0.4, 0.5) is 4.79 Å². The third-order valence-electron chi connectivity index (χ3n) is 1.62. The predicted octanol–water partition coefficient (Wildman–Crippen LogP) is 0.737. The van der Waals surface area contributed by atoms with Gasteiger partial charge in [0.25, 0.3) is 0 Å². The highest BCUT2D eigenvalue weighted by Gasteiger charge is 2.20. The van der Waals surface area contributed by atoms with E-state index in [1.54, 1.807) is 20.8 Å². The van der Waals surface area contributed by atoms with E-state index in [0.29, 0.717) is 0 Å². The standard InChI is InChI=1S/C10H19NO5/c1-10(2,3)16-9(15)11-7(4-5-12)6-8(13)14/h7,12H,4-6H2,1-3H3,(H,11,15)(H,13,14). The largest absolute Gasteiger partial charge is 0.481 e. The van der Waals surface area contributed by atoms with Gasteiger partial charge in [0.2, 0.25) is 0 Å². The molecular weight excluding hydrogens is 214 g/mol. The summed E-state index contributed by atoms with van der Waals surface area (Å²) < 4.78 is 4.97. The summed E-state index contributed by atoms with van der Waals surface area (Å²) in [5.74, 6) is -1.03. The van der Waals surface area contributed by atoms with Gasteiger partial charge in [0.15, 0.2) is 0 Å². The Hall–Kier alpha value is -1.30. The fourth-order valence-electron chi connectivity index (χ4n) is 1.07. The van der Waals surface area contributed by atoms with Gasteiger partial charge in [0, 0.05) is 12.6 Å². The van der Waals surface area contributed by atoms with E-state index in [2.05, 4.69) is 5.32 Å². The molecule has 0 rings (SSSR count). The average molecular weight is 233 g/mol. The maximum Gasteiger partial charge on any atom is 0.407 e. The van der Waals surface area contributed by atoms with Crippen molar-refractivity contribution in [1.29, 1.82) is 0 Å². The van der Waals surface area contributed by atoms with Gasteiger partial charge in [-0.1, -0.05) is 0 Å². The summed E-state index contributed by atoms with van der Waals surface area (Å²) in [6.45, 7) is 4.95. The number of hydrogen-bond donors (Lipinski definition) is 3. The molecule has 1 unspecified atom stereocenters. The number of hydrogen-bond acceptors (Lipinski definition) is 4. The molecule has 0 saturated heterocycles. The number of rotatable bonds is 5. The van der Waals surface area contributed by atoms with E-state index < -0.39 is 23.7 Å². The van der Waals surface area contributed by atoms with Crippen molar-refractivity contribution in [2.75, 3.05) is 6.61 Å². The van der Waals surface area contributed by atoms with Gasteiger partial charge >= 0.3 is 12.1 Å². The lowest BCUT2D eigenvalue weighted by molar-refractivity contribution is -0.137. The van der Waals surface area contributed by atoms with Crippen molar-refractivity contribution in [2.45, 2.75) is 45.3 Å². The first-order valence-electron chi connectivity index (χ1n) is 5.07. The van der Waals surface area contributed by atoms with Crippen molar-refractivity contribution >= 4 is 12.1 Å². The van der Waals surface area contributed by atoms with Crippen LogP contribution in [0.25, 0.3) is 0 Å². The Bertz CT molecular complexity index is 246. The average Bonchev–Trinajstić information content (AvgIpc) is 1.98. The summed E-state index contributed by atoms with van der Waals surface area (Å²) in [5, 5.41) is 19.7. The molecule has 0 aromatic carbocycles. The number of carboxylic acid groups (broad SMARTS) is 1. The second-order valence-electron chi connectivity index (χ2n) is 4.45. The van der Waals surface area contributed by atoms with Crippen molar-refractivity contribution < 1.29 is 24.5 Å². The van der Waals surface area contributed by atoms with Crippen LogP contribution in [-0.4, -0.2) is 40.5 Å². The first-order chi connectivity index (χ1) is 7.24. The number of carbonyl (C=O) groups is 2. The molecule has 0 bridgehead atoms. The lowest BCUT2D eigenvalue weighted by atomic mass is 10.1. The number of ether oxygens (including phenoxy) is 1. The molecule has 0 fully saturated rings. The van der Waals surface area contributed by atoms with Crippen molar-refractivity contribution in [3.8, 4) is 0 Å². The Balaban J connectivity index is 4.17. The molecule has 0 heterocycles. The Morgan fingerprint density at radius 1 is 1.38 bits per heavy atom. The molecule has 94 valence electrons. The van der Waals surface area contributed by atoms with Crippen LogP contribution in [-0.2, 0) is 9.53 Å². The molecule has 0 spiro atoms. The first-order valence-corrected chi connectivity index (χ1v) is 5.07. The van der Waals surface area contributed by atoms with E-state index in [4.69, 9.17) is 14.9 Å². The number of aliphatic hydroxyl groups is 1. The van der Waals surface area contributed by atoms with E-state index in [1.807, 2.05) is 0 Å². The van der Waals surface area contributed by atoms with E-state index in [-0.39, 0.29) is 19.4 Å². The van der Waals surface area contributed by atoms with Gasteiger partial charge in [-0.25, -0.2) is 4.79 Å². The van der Waals surface area contributed by atoms with Crippen LogP contribution in [0.15, 0.2) is 0 Å². The number of aliphatic hydroxyl groups excluding tert-OH is 1. The minimum absolute atomic E-state index is 0.186. The first kappa shape index (κ1) is 14.7. The van der Waals surface area contributed by atoms with E-state index in [9.17, 15) is 9.59 Å². The van der Waals surface area contributed by atoms with Crippen molar-refractivity contribution in [3.05, 3.63) is 0 Å². The topological polar surface area (TPSA) is 95.9 Å². The zero-order valence-corrected chi connectivity index (χ0v) is 9.82. The second-order valence-corrected chi connectivity index (χ2v) is 4.45. The third-order valence-corrected chi connectivity index (χ3v) is 1.62. The third kappa shape index (κ3) is 8.05. The Kier molecular flexibility index (Phi) is 5.81. The van der Waals surface area contributed by atoms with Gasteiger partial charge in [0.05, 0.1) is 6.42 Å². The lowest BCUT2D eigenvalue weighted by Crippen LogP contribution is -2.40. The molecule has 16 heavy (non-hydrogen) atoms. The van der Waals surface area contributed by atoms with E-state index in [1.165, 1.54) is 0 Å². The molecule has 0 aromatic rings. The monoisotopic (exact) mass is 233 g/mol. The number of carboxylic acids is 1. The van der Waals surface area contributed by atoms with Gasteiger partial charge in [-0.05, 0) is 27.2 Å². The van der Waals surface area contributed by atoms with E-state index in [0.717, 1.165) is 0 Å². The molecule has 0 radical (unpaired) electrons. The van der Waals surface area contributed by atoms with Gasteiger partial charge in [0.1, 0.15) is 5.60 Å². The summed E-state index contributed by atoms with van der Waals surface area (Å²) in [6, 6.07) is -0.614. The minimum atomic E-state index is -1.03. The van der Waals surface area contributed by atoms with Gasteiger partial charge < -0.3 is 20.3 Å². The second kappa shape index (κ2) is 6.32. The number of carbonyl (C=O) groups excluding carboxylic acids is 1. The highest BCUT2D eigenvalue weighted by molar-refractivity contribution is 5.71. The smallest absolute Gasteiger partial charge is 0.407 e. The molecule has 0 aliphatic carbocycles. The zero-order valence-electron chi connectivity index (χ0n) is 9.82. The quantitative estimate of drug-likeness (QED) is 0.650.